The molecule has 0 unspecified atom stereocenters. The van der Waals surface area contributed by atoms with Crippen LogP contribution in [0.2, 0.25) is 0 Å². The minimum Gasteiger partial charge on any atom is -0.497 e. The van der Waals surface area contributed by atoms with E-state index in [2.05, 4.69) is 15.7 Å². The van der Waals surface area contributed by atoms with Gasteiger partial charge in [-0.15, -0.1) is 5.10 Å². The fourth-order valence-electron chi connectivity index (χ4n) is 2.14. The van der Waals surface area contributed by atoms with Crippen molar-refractivity contribution >= 4 is 17.5 Å². The number of ether oxygens (including phenoxy) is 3. The van der Waals surface area contributed by atoms with Crippen molar-refractivity contribution in [3.8, 4) is 17.4 Å². The highest BCUT2D eigenvalue weighted by Gasteiger charge is 2.17. The Morgan fingerprint density at radius 3 is 2.56 bits per heavy atom. The molecule has 0 aliphatic carbocycles. The van der Waals surface area contributed by atoms with Crippen LogP contribution in [0.5, 0.6) is 17.4 Å². The summed E-state index contributed by atoms with van der Waals surface area (Å²) in [5.74, 6) is 0.366. The second-order valence-electron chi connectivity index (χ2n) is 5.02. The molecule has 0 saturated carbocycles. The smallest absolute Gasteiger partial charge is 0.258 e. The van der Waals surface area contributed by atoms with E-state index in [1.807, 2.05) is 0 Å². The Balaban J connectivity index is 2.00. The fourth-order valence-corrected chi connectivity index (χ4v) is 2.14. The average molecular weight is 348 g/mol. The number of hydrogen-bond donors (Lipinski definition) is 2. The van der Waals surface area contributed by atoms with Gasteiger partial charge in [-0.3, -0.25) is 14.3 Å². The number of aromatic nitrogens is 2. The molecule has 1 aromatic heterocycles. The molecule has 2 N–H and O–H groups in total. The molecule has 0 saturated heterocycles. The monoisotopic (exact) mass is 348 g/mol. The summed E-state index contributed by atoms with van der Waals surface area (Å²) in [6.45, 7) is -0.225. The van der Waals surface area contributed by atoms with E-state index in [1.165, 1.54) is 32.2 Å². The molecule has 2 amide bonds. The summed E-state index contributed by atoms with van der Waals surface area (Å²) < 4.78 is 16.8. The molecule has 0 bridgehead atoms. The summed E-state index contributed by atoms with van der Waals surface area (Å²) in [6.07, 6.45) is 1.51. The molecule has 0 fully saturated rings. The van der Waals surface area contributed by atoms with Crippen LogP contribution in [-0.4, -0.2) is 49.5 Å². The Morgan fingerprint density at radius 2 is 1.92 bits per heavy atom. The van der Waals surface area contributed by atoms with E-state index in [-0.39, 0.29) is 18.0 Å². The van der Waals surface area contributed by atoms with Crippen LogP contribution in [0.1, 0.15) is 10.4 Å². The van der Waals surface area contributed by atoms with Gasteiger partial charge in [0.1, 0.15) is 17.1 Å². The normalized spacial score (nSPS) is 10.1. The predicted octanol–water partition coefficient (Wildman–Crippen LogP) is 0.814. The standard InChI is InChI=1S/C16H20N4O5/c1-20-9-11(16(19-20)25-4)15(22)17-8-14(21)18-12-7-10(23-2)5-6-13(12)24-3/h5-7,9H,8H2,1-4H3,(H,17,22)(H,18,21). The molecule has 0 aliphatic rings. The Morgan fingerprint density at radius 1 is 1.16 bits per heavy atom. The van der Waals surface area contributed by atoms with Gasteiger partial charge in [0.05, 0.1) is 33.6 Å². The van der Waals surface area contributed by atoms with Crippen LogP contribution < -0.4 is 24.8 Å². The summed E-state index contributed by atoms with van der Waals surface area (Å²) in [5, 5.41) is 9.17. The maximum absolute atomic E-state index is 12.1. The van der Waals surface area contributed by atoms with Gasteiger partial charge >= 0.3 is 0 Å². The lowest BCUT2D eigenvalue weighted by molar-refractivity contribution is -0.115. The van der Waals surface area contributed by atoms with E-state index in [1.54, 1.807) is 25.2 Å². The average Bonchev–Trinajstić information content (AvgIpc) is 3.00. The largest absolute Gasteiger partial charge is 0.497 e. The molecular weight excluding hydrogens is 328 g/mol. The molecule has 0 aliphatic heterocycles. The topological polar surface area (TPSA) is 104 Å². The van der Waals surface area contributed by atoms with Crippen LogP contribution in [0.25, 0.3) is 0 Å². The number of carbonyl (C=O) groups is 2. The van der Waals surface area contributed by atoms with E-state index in [4.69, 9.17) is 14.2 Å². The highest BCUT2D eigenvalue weighted by Crippen LogP contribution is 2.28. The summed E-state index contributed by atoms with van der Waals surface area (Å²) in [4.78, 5) is 24.3. The highest BCUT2D eigenvalue weighted by molar-refractivity contribution is 6.00. The van der Waals surface area contributed by atoms with Crippen molar-refractivity contribution in [3.63, 3.8) is 0 Å². The summed E-state index contributed by atoms with van der Waals surface area (Å²) in [6, 6.07) is 5.02. The maximum atomic E-state index is 12.1. The molecule has 9 nitrogen and oxygen atoms in total. The molecule has 9 heteroatoms. The van der Waals surface area contributed by atoms with E-state index in [0.717, 1.165) is 0 Å². The minimum atomic E-state index is -0.460. The molecule has 25 heavy (non-hydrogen) atoms. The zero-order valence-electron chi connectivity index (χ0n) is 14.5. The van der Waals surface area contributed by atoms with E-state index in [0.29, 0.717) is 17.2 Å². The molecule has 2 rings (SSSR count). The van der Waals surface area contributed by atoms with Crippen molar-refractivity contribution in [1.29, 1.82) is 0 Å². The van der Waals surface area contributed by atoms with Crippen molar-refractivity contribution in [3.05, 3.63) is 30.0 Å². The number of nitrogens with zero attached hydrogens (tertiary/aromatic N) is 2. The van der Waals surface area contributed by atoms with Gasteiger partial charge in [-0.2, -0.15) is 0 Å². The molecular formula is C16H20N4O5. The summed E-state index contributed by atoms with van der Waals surface area (Å²) in [5.41, 5.74) is 0.691. The number of rotatable bonds is 7. The lowest BCUT2D eigenvalue weighted by Crippen LogP contribution is -2.33. The van der Waals surface area contributed by atoms with Crippen LogP contribution in [-0.2, 0) is 11.8 Å². The van der Waals surface area contributed by atoms with Crippen LogP contribution in [0.15, 0.2) is 24.4 Å². The third-order valence-corrected chi connectivity index (χ3v) is 3.32. The first-order chi connectivity index (χ1) is 12.0. The zero-order valence-corrected chi connectivity index (χ0v) is 14.5. The van der Waals surface area contributed by atoms with E-state index < -0.39 is 11.8 Å². The van der Waals surface area contributed by atoms with Crippen molar-refractivity contribution in [2.24, 2.45) is 7.05 Å². The summed E-state index contributed by atoms with van der Waals surface area (Å²) >= 11 is 0. The van der Waals surface area contributed by atoms with Gasteiger partial charge in [-0.1, -0.05) is 0 Å². The molecule has 1 heterocycles. The van der Waals surface area contributed by atoms with Crippen molar-refractivity contribution in [1.82, 2.24) is 15.1 Å². The number of hydrogen-bond acceptors (Lipinski definition) is 6. The Kier molecular flexibility index (Phi) is 5.83. The van der Waals surface area contributed by atoms with Crippen LogP contribution in [0.4, 0.5) is 5.69 Å². The van der Waals surface area contributed by atoms with Gasteiger partial charge in [-0.25, -0.2) is 0 Å². The number of benzene rings is 1. The Labute approximate surface area is 144 Å². The Bertz CT molecular complexity index is 772. The summed E-state index contributed by atoms with van der Waals surface area (Å²) in [7, 11) is 6.10. The van der Waals surface area contributed by atoms with Gasteiger partial charge in [0.15, 0.2) is 0 Å². The lowest BCUT2D eigenvalue weighted by atomic mass is 10.2. The first-order valence-corrected chi connectivity index (χ1v) is 7.36. The number of aryl methyl sites for hydroxylation is 1. The van der Waals surface area contributed by atoms with E-state index >= 15 is 0 Å². The van der Waals surface area contributed by atoms with Gasteiger partial charge < -0.3 is 24.8 Å². The first-order valence-electron chi connectivity index (χ1n) is 7.36. The second-order valence-corrected chi connectivity index (χ2v) is 5.02. The maximum Gasteiger partial charge on any atom is 0.258 e. The molecule has 134 valence electrons. The molecule has 0 atom stereocenters. The highest BCUT2D eigenvalue weighted by atomic mass is 16.5. The van der Waals surface area contributed by atoms with Crippen molar-refractivity contribution < 1.29 is 23.8 Å². The van der Waals surface area contributed by atoms with Crippen LogP contribution in [0, 0.1) is 0 Å². The number of amides is 2. The minimum absolute atomic E-state index is 0.190. The van der Waals surface area contributed by atoms with Crippen molar-refractivity contribution in [2.75, 3.05) is 33.2 Å². The quantitative estimate of drug-likeness (QED) is 0.768. The molecule has 0 radical (unpaired) electrons. The van der Waals surface area contributed by atoms with Gasteiger partial charge in [0, 0.05) is 19.3 Å². The van der Waals surface area contributed by atoms with Gasteiger partial charge in [0.25, 0.3) is 5.91 Å². The van der Waals surface area contributed by atoms with Gasteiger partial charge in [0.2, 0.25) is 11.8 Å². The Hall–Kier alpha value is -3.23. The third kappa shape index (κ3) is 4.40. The molecule has 0 spiro atoms. The number of carbonyl (C=O) groups excluding carboxylic acids is 2. The second kappa shape index (κ2) is 8.04. The third-order valence-electron chi connectivity index (χ3n) is 3.32. The van der Waals surface area contributed by atoms with E-state index in [9.17, 15) is 9.59 Å². The first kappa shape index (κ1) is 18.1. The van der Waals surface area contributed by atoms with Gasteiger partial charge in [-0.05, 0) is 12.1 Å². The van der Waals surface area contributed by atoms with Crippen LogP contribution >= 0.6 is 0 Å². The number of methoxy groups -OCH3 is 3. The zero-order chi connectivity index (χ0) is 18.4. The van der Waals surface area contributed by atoms with Crippen LogP contribution in [0.3, 0.4) is 0 Å². The SMILES string of the molecule is COc1ccc(OC)c(NC(=O)CNC(=O)c2cn(C)nc2OC)c1. The predicted molar refractivity (Wildman–Crippen MR) is 90.3 cm³/mol. The number of anilines is 1. The number of nitrogens with one attached hydrogen (secondary N) is 2. The fraction of sp³-hybridized carbons (Fsp3) is 0.312. The van der Waals surface area contributed by atoms with Crippen molar-refractivity contribution in [2.45, 2.75) is 0 Å². The molecule has 2 aromatic rings. The molecule has 1 aromatic carbocycles. The lowest BCUT2D eigenvalue weighted by Gasteiger charge is -2.12.